The van der Waals surface area contributed by atoms with Gasteiger partial charge in [-0.1, -0.05) is 23.8 Å². The molecule has 0 unspecified atom stereocenters. The molecule has 112 valence electrons. The van der Waals surface area contributed by atoms with Crippen LogP contribution in [0.3, 0.4) is 0 Å². The number of aryl methyl sites for hydroxylation is 2. The van der Waals surface area contributed by atoms with E-state index in [4.69, 9.17) is 5.11 Å². The zero-order valence-corrected chi connectivity index (χ0v) is 12.5. The van der Waals surface area contributed by atoms with Gasteiger partial charge in [0.15, 0.2) is 0 Å². The van der Waals surface area contributed by atoms with Crippen molar-refractivity contribution in [2.24, 2.45) is 5.92 Å². The van der Waals surface area contributed by atoms with Crippen molar-refractivity contribution >= 4 is 18.0 Å². The number of carbonyl (C=O) groups excluding carboxylic acids is 1. The van der Waals surface area contributed by atoms with Crippen LogP contribution in [0, 0.1) is 19.8 Å². The predicted octanol–water partition coefficient (Wildman–Crippen LogP) is 2.64. The second kappa shape index (κ2) is 6.57. The molecule has 0 bridgehead atoms. The topological polar surface area (TPSA) is 57.6 Å². The third-order valence-corrected chi connectivity index (χ3v) is 3.91. The molecule has 0 radical (unpaired) electrons. The summed E-state index contributed by atoms with van der Waals surface area (Å²) in [5.74, 6) is -1.36. The monoisotopic (exact) mass is 287 g/mol. The molecule has 21 heavy (non-hydrogen) atoms. The Labute approximate surface area is 125 Å². The van der Waals surface area contributed by atoms with Crippen molar-refractivity contribution in [3.63, 3.8) is 0 Å². The van der Waals surface area contributed by atoms with Crippen LogP contribution in [0.1, 0.15) is 29.5 Å². The van der Waals surface area contributed by atoms with E-state index in [1.54, 1.807) is 11.0 Å². The van der Waals surface area contributed by atoms with Crippen LogP contribution in [0.4, 0.5) is 0 Å². The lowest BCUT2D eigenvalue weighted by atomic mass is 9.98. The first-order valence-electron chi connectivity index (χ1n) is 7.24. The normalized spacial score (nSPS) is 19.0. The number of likely N-dealkylation sites (tertiary alicyclic amines) is 1. The van der Waals surface area contributed by atoms with Gasteiger partial charge in [-0.05, 0) is 43.9 Å². The largest absolute Gasteiger partial charge is 0.481 e. The first-order chi connectivity index (χ1) is 9.97. The molecule has 1 fully saturated rings. The SMILES string of the molecule is Cc1ccc(/C=C/C(=O)N2CCC[C@@H](C(=O)O)C2)c(C)c1. The van der Waals surface area contributed by atoms with Crippen LogP contribution in [0.2, 0.25) is 0 Å². The molecule has 1 aliphatic heterocycles. The van der Waals surface area contributed by atoms with Gasteiger partial charge in [-0.15, -0.1) is 0 Å². The van der Waals surface area contributed by atoms with Crippen LogP contribution in [0.15, 0.2) is 24.3 Å². The van der Waals surface area contributed by atoms with E-state index in [9.17, 15) is 9.59 Å². The van der Waals surface area contributed by atoms with Crippen LogP contribution in [-0.2, 0) is 9.59 Å². The van der Waals surface area contributed by atoms with Crippen molar-refractivity contribution in [3.8, 4) is 0 Å². The number of rotatable bonds is 3. The van der Waals surface area contributed by atoms with Crippen LogP contribution < -0.4 is 0 Å². The Morgan fingerprint density at radius 2 is 2.10 bits per heavy atom. The van der Waals surface area contributed by atoms with E-state index in [0.717, 1.165) is 17.5 Å². The fourth-order valence-electron chi connectivity index (χ4n) is 2.66. The van der Waals surface area contributed by atoms with Crippen molar-refractivity contribution in [2.45, 2.75) is 26.7 Å². The lowest BCUT2D eigenvalue weighted by molar-refractivity contribution is -0.144. The molecule has 0 aromatic heterocycles. The number of carboxylic acid groups (broad SMARTS) is 1. The molecule has 0 saturated carbocycles. The van der Waals surface area contributed by atoms with Gasteiger partial charge in [0, 0.05) is 19.2 Å². The minimum absolute atomic E-state index is 0.110. The molecule has 4 heteroatoms. The van der Waals surface area contributed by atoms with Crippen molar-refractivity contribution in [1.82, 2.24) is 4.90 Å². The lowest BCUT2D eigenvalue weighted by Crippen LogP contribution is -2.41. The Hall–Kier alpha value is -2.10. The van der Waals surface area contributed by atoms with Gasteiger partial charge in [0.05, 0.1) is 5.92 Å². The van der Waals surface area contributed by atoms with Crippen molar-refractivity contribution in [1.29, 1.82) is 0 Å². The van der Waals surface area contributed by atoms with Gasteiger partial charge in [0.25, 0.3) is 0 Å². The number of carbonyl (C=O) groups is 2. The summed E-state index contributed by atoms with van der Waals surface area (Å²) in [6.45, 7) is 5.00. The molecule has 1 aliphatic rings. The number of hydrogen-bond acceptors (Lipinski definition) is 2. The van der Waals surface area contributed by atoms with E-state index >= 15 is 0 Å². The predicted molar refractivity (Wildman–Crippen MR) is 81.9 cm³/mol. The van der Waals surface area contributed by atoms with Crippen LogP contribution in [0.5, 0.6) is 0 Å². The molecule has 1 aromatic carbocycles. The highest BCUT2D eigenvalue weighted by Crippen LogP contribution is 2.18. The maximum atomic E-state index is 12.2. The van der Waals surface area contributed by atoms with Gasteiger partial charge in [-0.3, -0.25) is 9.59 Å². The molecule has 0 aliphatic carbocycles. The number of carboxylic acids is 1. The number of nitrogens with zero attached hydrogens (tertiary/aromatic N) is 1. The molecular weight excluding hydrogens is 266 g/mol. The molecule has 1 atom stereocenters. The summed E-state index contributed by atoms with van der Waals surface area (Å²) in [5, 5.41) is 9.05. The minimum Gasteiger partial charge on any atom is -0.481 e. The van der Waals surface area contributed by atoms with Crippen LogP contribution in [-0.4, -0.2) is 35.0 Å². The fourth-order valence-corrected chi connectivity index (χ4v) is 2.66. The summed E-state index contributed by atoms with van der Waals surface area (Å²) in [4.78, 5) is 24.8. The van der Waals surface area contributed by atoms with Crippen molar-refractivity contribution in [2.75, 3.05) is 13.1 Å². The van der Waals surface area contributed by atoms with E-state index in [1.807, 2.05) is 32.1 Å². The second-order valence-electron chi connectivity index (χ2n) is 5.66. The first kappa shape index (κ1) is 15.3. The Bertz CT molecular complexity index is 577. The summed E-state index contributed by atoms with van der Waals surface area (Å²) in [5.41, 5.74) is 3.33. The van der Waals surface area contributed by atoms with Crippen LogP contribution in [0.25, 0.3) is 6.08 Å². The average molecular weight is 287 g/mol. The molecule has 2 rings (SSSR count). The number of hydrogen-bond donors (Lipinski definition) is 1. The lowest BCUT2D eigenvalue weighted by Gasteiger charge is -2.29. The van der Waals surface area contributed by atoms with Gasteiger partial charge < -0.3 is 10.0 Å². The van der Waals surface area contributed by atoms with E-state index in [0.29, 0.717) is 19.5 Å². The smallest absolute Gasteiger partial charge is 0.308 e. The maximum Gasteiger partial charge on any atom is 0.308 e. The molecule has 1 N–H and O–H groups in total. The summed E-state index contributed by atoms with van der Waals surface area (Å²) in [6, 6.07) is 6.08. The summed E-state index contributed by atoms with van der Waals surface area (Å²) in [6.07, 6.45) is 4.75. The van der Waals surface area contributed by atoms with E-state index in [1.165, 1.54) is 5.56 Å². The highest BCUT2D eigenvalue weighted by atomic mass is 16.4. The van der Waals surface area contributed by atoms with Crippen LogP contribution >= 0.6 is 0 Å². The zero-order valence-electron chi connectivity index (χ0n) is 12.5. The molecule has 1 saturated heterocycles. The number of benzene rings is 1. The van der Waals surface area contributed by atoms with Gasteiger partial charge in [0.2, 0.25) is 5.91 Å². The maximum absolute atomic E-state index is 12.2. The highest BCUT2D eigenvalue weighted by Gasteiger charge is 2.27. The minimum atomic E-state index is -0.814. The Balaban J connectivity index is 2.03. The van der Waals surface area contributed by atoms with Gasteiger partial charge >= 0.3 is 5.97 Å². The molecule has 1 amide bonds. The Kier molecular flexibility index (Phi) is 4.78. The van der Waals surface area contributed by atoms with E-state index in [2.05, 4.69) is 6.07 Å². The average Bonchev–Trinajstić information content (AvgIpc) is 2.46. The van der Waals surface area contributed by atoms with Gasteiger partial charge in [-0.2, -0.15) is 0 Å². The summed E-state index contributed by atoms with van der Waals surface area (Å²) in [7, 11) is 0. The van der Waals surface area contributed by atoms with Crippen molar-refractivity contribution in [3.05, 3.63) is 41.0 Å². The quantitative estimate of drug-likeness (QED) is 0.869. The van der Waals surface area contributed by atoms with E-state index < -0.39 is 11.9 Å². The van der Waals surface area contributed by atoms with Gasteiger partial charge in [-0.25, -0.2) is 0 Å². The van der Waals surface area contributed by atoms with Gasteiger partial charge in [0.1, 0.15) is 0 Å². The Morgan fingerprint density at radius 1 is 1.33 bits per heavy atom. The molecule has 1 aromatic rings. The summed E-state index contributed by atoms with van der Waals surface area (Å²) < 4.78 is 0. The Morgan fingerprint density at radius 3 is 2.76 bits per heavy atom. The second-order valence-corrected chi connectivity index (χ2v) is 5.66. The van der Waals surface area contributed by atoms with E-state index in [-0.39, 0.29) is 5.91 Å². The summed E-state index contributed by atoms with van der Waals surface area (Å²) >= 11 is 0. The molecular formula is C17H21NO3. The molecule has 4 nitrogen and oxygen atoms in total. The molecule has 0 spiro atoms. The number of piperidine rings is 1. The fraction of sp³-hybridized carbons (Fsp3) is 0.412. The number of amides is 1. The zero-order chi connectivity index (χ0) is 15.4. The standard InChI is InChI=1S/C17H21NO3/c1-12-5-6-14(13(2)10-12)7-8-16(19)18-9-3-4-15(11-18)17(20)21/h5-8,10,15H,3-4,9,11H2,1-2H3,(H,20,21)/b8-7+/t15-/m1/s1. The highest BCUT2D eigenvalue weighted by molar-refractivity contribution is 5.92. The number of aliphatic carboxylic acids is 1. The first-order valence-corrected chi connectivity index (χ1v) is 7.24. The third-order valence-electron chi connectivity index (χ3n) is 3.91. The third kappa shape index (κ3) is 3.94. The van der Waals surface area contributed by atoms with Crippen molar-refractivity contribution < 1.29 is 14.7 Å². The molecule has 1 heterocycles.